The molecule has 0 radical (unpaired) electrons. The van der Waals surface area contributed by atoms with Gasteiger partial charge in [-0.1, -0.05) is 13.8 Å². The summed E-state index contributed by atoms with van der Waals surface area (Å²) in [6, 6.07) is 1.46. The SMILES string of the molecule is CCC(N)(CC)c1cncc(F)c1. The third kappa shape index (κ3) is 2.04. The monoisotopic (exact) mass is 182 g/mol. The molecule has 0 spiro atoms. The van der Waals surface area contributed by atoms with Gasteiger partial charge in [0.05, 0.1) is 6.20 Å². The number of nitrogens with two attached hydrogens (primary N) is 1. The molecule has 0 aromatic carbocycles. The van der Waals surface area contributed by atoms with Crippen LogP contribution in [0.2, 0.25) is 0 Å². The number of hydrogen-bond donors (Lipinski definition) is 1. The second-order valence-corrected chi connectivity index (χ2v) is 3.26. The Balaban J connectivity index is 3.05. The van der Waals surface area contributed by atoms with Crippen LogP contribution in [0.25, 0.3) is 0 Å². The van der Waals surface area contributed by atoms with Gasteiger partial charge in [0, 0.05) is 11.7 Å². The third-order valence-electron chi connectivity index (χ3n) is 2.54. The molecule has 1 aromatic heterocycles. The summed E-state index contributed by atoms with van der Waals surface area (Å²) in [5.41, 5.74) is 6.42. The van der Waals surface area contributed by atoms with Gasteiger partial charge < -0.3 is 5.73 Å². The lowest BCUT2D eigenvalue weighted by Crippen LogP contribution is -2.35. The van der Waals surface area contributed by atoms with Gasteiger partial charge >= 0.3 is 0 Å². The molecule has 0 fully saturated rings. The first kappa shape index (κ1) is 10.1. The minimum atomic E-state index is -0.435. The molecular weight excluding hydrogens is 167 g/mol. The predicted molar refractivity (Wildman–Crippen MR) is 50.6 cm³/mol. The third-order valence-corrected chi connectivity index (χ3v) is 2.54. The van der Waals surface area contributed by atoms with E-state index < -0.39 is 5.54 Å². The molecule has 2 N–H and O–H groups in total. The van der Waals surface area contributed by atoms with Crippen LogP contribution in [0.1, 0.15) is 32.3 Å². The Morgan fingerprint density at radius 3 is 2.46 bits per heavy atom. The molecule has 13 heavy (non-hydrogen) atoms. The van der Waals surface area contributed by atoms with Crippen LogP contribution >= 0.6 is 0 Å². The zero-order valence-electron chi connectivity index (χ0n) is 8.05. The first-order valence-electron chi connectivity index (χ1n) is 4.52. The van der Waals surface area contributed by atoms with E-state index in [9.17, 15) is 4.39 Å². The zero-order chi connectivity index (χ0) is 9.90. The number of rotatable bonds is 3. The summed E-state index contributed by atoms with van der Waals surface area (Å²) in [7, 11) is 0. The Morgan fingerprint density at radius 2 is 2.00 bits per heavy atom. The first-order chi connectivity index (χ1) is 6.12. The molecule has 2 nitrogen and oxygen atoms in total. The average Bonchev–Trinajstić information content (AvgIpc) is 2.17. The van der Waals surface area contributed by atoms with E-state index in [0.717, 1.165) is 18.4 Å². The zero-order valence-corrected chi connectivity index (χ0v) is 8.05. The van der Waals surface area contributed by atoms with Crippen molar-refractivity contribution in [2.45, 2.75) is 32.2 Å². The van der Waals surface area contributed by atoms with Crippen LogP contribution < -0.4 is 5.73 Å². The van der Waals surface area contributed by atoms with E-state index in [-0.39, 0.29) is 5.82 Å². The number of halogens is 1. The van der Waals surface area contributed by atoms with Crippen molar-refractivity contribution in [3.05, 3.63) is 29.8 Å². The molecule has 1 heterocycles. The van der Waals surface area contributed by atoms with Crippen molar-refractivity contribution in [2.75, 3.05) is 0 Å². The lowest BCUT2D eigenvalue weighted by Gasteiger charge is -2.26. The lowest BCUT2D eigenvalue weighted by molar-refractivity contribution is 0.408. The Labute approximate surface area is 78.0 Å². The summed E-state index contributed by atoms with van der Waals surface area (Å²) < 4.78 is 12.9. The number of aromatic nitrogens is 1. The summed E-state index contributed by atoms with van der Waals surface area (Å²) in [6.45, 7) is 3.99. The minimum absolute atomic E-state index is 0.325. The van der Waals surface area contributed by atoms with Gasteiger partial charge in [-0.3, -0.25) is 4.98 Å². The van der Waals surface area contributed by atoms with E-state index in [0.29, 0.717) is 0 Å². The molecule has 0 bridgehead atoms. The van der Waals surface area contributed by atoms with E-state index in [1.807, 2.05) is 13.8 Å². The average molecular weight is 182 g/mol. The van der Waals surface area contributed by atoms with E-state index in [2.05, 4.69) is 4.98 Å². The van der Waals surface area contributed by atoms with Gasteiger partial charge in [-0.2, -0.15) is 0 Å². The molecule has 0 atom stereocenters. The minimum Gasteiger partial charge on any atom is -0.321 e. The van der Waals surface area contributed by atoms with E-state index >= 15 is 0 Å². The van der Waals surface area contributed by atoms with Crippen LogP contribution in [0.4, 0.5) is 4.39 Å². The Hall–Kier alpha value is -0.960. The lowest BCUT2D eigenvalue weighted by atomic mass is 9.87. The topological polar surface area (TPSA) is 38.9 Å². The standard InChI is InChI=1S/C10H15FN2/c1-3-10(12,4-2)8-5-9(11)7-13-6-8/h5-7H,3-4,12H2,1-2H3. The van der Waals surface area contributed by atoms with Crippen molar-refractivity contribution < 1.29 is 4.39 Å². The fourth-order valence-electron chi connectivity index (χ4n) is 1.34. The van der Waals surface area contributed by atoms with Crippen molar-refractivity contribution >= 4 is 0 Å². The molecule has 72 valence electrons. The van der Waals surface area contributed by atoms with Crippen molar-refractivity contribution in [1.82, 2.24) is 4.98 Å². The van der Waals surface area contributed by atoms with Crippen LogP contribution in [0.5, 0.6) is 0 Å². The highest BCUT2D eigenvalue weighted by atomic mass is 19.1. The smallest absolute Gasteiger partial charge is 0.141 e. The van der Waals surface area contributed by atoms with Gasteiger partial charge in [-0.25, -0.2) is 4.39 Å². The largest absolute Gasteiger partial charge is 0.321 e. The van der Waals surface area contributed by atoms with Gasteiger partial charge in [0.1, 0.15) is 5.82 Å². The molecule has 0 saturated heterocycles. The van der Waals surface area contributed by atoms with Crippen LogP contribution in [0, 0.1) is 5.82 Å². The van der Waals surface area contributed by atoms with Gasteiger partial charge in [-0.15, -0.1) is 0 Å². The fraction of sp³-hybridized carbons (Fsp3) is 0.500. The molecule has 0 aliphatic carbocycles. The molecule has 1 aromatic rings. The van der Waals surface area contributed by atoms with Gasteiger partial charge in [-0.05, 0) is 24.5 Å². The maximum Gasteiger partial charge on any atom is 0.141 e. The molecule has 0 saturated carbocycles. The maximum absolute atomic E-state index is 12.9. The Bertz CT molecular complexity index is 282. The number of hydrogen-bond acceptors (Lipinski definition) is 2. The van der Waals surface area contributed by atoms with Crippen LogP contribution in [0.3, 0.4) is 0 Å². The van der Waals surface area contributed by atoms with Gasteiger partial charge in [0.15, 0.2) is 0 Å². The highest BCUT2D eigenvalue weighted by molar-refractivity contribution is 5.20. The van der Waals surface area contributed by atoms with Gasteiger partial charge in [0.25, 0.3) is 0 Å². The van der Waals surface area contributed by atoms with Crippen molar-refractivity contribution in [2.24, 2.45) is 5.73 Å². The van der Waals surface area contributed by atoms with Crippen molar-refractivity contribution in [3.8, 4) is 0 Å². The summed E-state index contributed by atoms with van der Waals surface area (Å²) in [6.07, 6.45) is 4.40. The molecule has 0 aliphatic rings. The summed E-state index contributed by atoms with van der Waals surface area (Å²) >= 11 is 0. The van der Waals surface area contributed by atoms with Crippen molar-refractivity contribution in [1.29, 1.82) is 0 Å². The fourth-order valence-corrected chi connectivity index (χ4v) is 1.34. The Morgan fingerprint density at radius 1 is 1.38 bits per heavy atom. The quantitative estimate of drug-likeness (QED) is 0.778. The first-order valence-corrected chi connectivity index (χ1v) is 4.52. The second-order valence-electron chi connectivity index (χ2n) is 3.26. The van der Waals surface area contributed by atoms with E-state index in [1.54, 1.807) is 6.20 Å². The summed E-state index contributed by atoms with van der Waals surface area (Å²) in [5, 5.41) is 0. The summed E-state index contributed by atoms with van der Waals surface area (Å²) in [5.74, 6) is -0.325. The maximum atomic E-state index is 12.9. The highest BCUT2D eigenvalue weighted by Gasteiger charge is 2.23. The molecular formula is C10H15FN2. The molecule has 0 aliphatic heterocycles. The van der Waals surface area contributed by atoms with Crippen molar-refractivity contribution in [3.63, 3.8) is 0 Å². The van der Waals surface area contributed by atoms with Crippen LogP contribution in [-0.2, 0) is 5.54 Å². The normalized spacial score (nSPS) is 11.7. The molecule has 1 rings (SSSR count). The number of nitrogens with zero attached hydrogens (tertiary/aromatic N) is 1. The predicted octanol–water partition coefficient (Wildman–Crippen LogP) is 2.19. The Kier molecular flexibility index (Phi) is 2.98. The number of pyridine rings is 1. The summed E-state index contributed by atoms with van der Waals surface area (Å²) in [4.78, 5) is 3.79. The second kappa shape index (κ2) is 3.83. The van der Waals surface area contributed by atoms with E-state index in [1.165, 1.54) is 12.3 Å². The van der Waals surface area contributed by atoms with Crippen LogP contribution in [-0.4, -0.2) is 4.98 Å². The highest BCUT2D eigenvalue weighted by Crippen LogP contribution is 2.24. The molecule has 0 unspecified atom stereocenters. The molecule has 0 amide bonds. The van der Waals surface area contributed by atoms with E-state index in [4.69, 9.17) is 5.73 Å². The molecule has 3 heteroatoms. The van der Waals surface area contributed by atoms with Crippen LogP contribution in [0.15, 0.2) is 18.5 Å². The van der Waals surface area contributed by atoms with Gasteiger partial charge in [0.2, 0.25) is 0 Å².